The third-order valence-electron chi connectivity index (χ3n) is 6.85. The second-order valence-electron chi connectivity index (χ2n) is 9.65. The Hall–Kier alpha value is -2.86. The number of piperidine rings is 1. The van der Waals surface area contributed by atoms with Gasteiger partial charge in [0.2, 0.25) is 5.91 Å². The summed E-state index contributed by atoms with van der Waals surface area (Å²) in [5.41, 5.74) is 4.18. The molecule has 2 aromatic carbocycles. The predicted molar refractivity (Wildman–Crippen MR) is 134 cm³/mol. The zero-order chi connectivity index (χ0) is 24.1. The molecule has 2 heterocycles. The Morgan fingerprint density at radius 2 is 1.59 bits per heavy atom. The largest absolute Gasteiger partial charge is 0.494 e. The Morgan fingerprint density at radius 3 is 2.24 bits per heavy atom. The first-order valence-corrected chi connectivity index (χ1v) is 12.5. The van der Waals surface area contributed by atoms with Crippen molar-refractivity contribution in [2.45, 2.75) is 40.2 Å². The topological polar surface area (TPSA) is 53.1 Å². The first-order valence-electron chi connectivity index (χ1n) is 12.5. The number of carbonyl (C=O) groups is 2. The molecule has 1 atom stereocenters. The van der Waals surface area contributed by atoms with Gasteiger partial charge in [-0.05, 0) is 63.4 Å². The van der Waals surface area contributed by atoms with Crippen molar-refractivity contribution in [2.75, 3.05) is 45.9 Å². The molecule has 2 saturated heterocycles. The number of carbonyl (C=O) groups excluding carboxylic acids is 2. The highest BCUT2D eigenvalue weighted by molar-refractivity contribution is 5.95. The van der Waals surface area contributed by atoms with E-state index in [0.29, 0.717) is 13.2 Å². The Morgan fingerprint density at radius 1 is 0.912 bits per heavy atom. The van der Waals surface area contributed by atoms with Crippen molar-refractivity contribution >= 4 is 11.8 Å². The molecule has 2 fully saturated rings. The van der Waals surface area contributed by atoms with E-state index in [0.717, 1.165) is 74.6 Å². The van der Waals surface area contributed by atoms with Crippen molar-refractivity contribution in [2.24, 2.45) is 5.92 Å². The van der Waals surface area contributed by atoms with Crippen LogP contribution in [0.2, 0.25) is 0 Å². The van der Waals surface area contributed by atoms with E-state index in [1.807, 2.05) is 54.8 Å². The van der Waals surface area contributed by atoms with E-state index in [9.17, 15) is 9.59 Å². The van der Waals surface area contributed by atoms with E-state index in [4.69, 9.17) is 4.74 Å². The summed E-state index contributed by atoms with van der Waals surface area (Å²) in [5, 5.41) is 0. The average molecular weight is 464 g/mol. The molecule has 0 saturated carbocycles. The van der Waals surface area contributed by atoms with Crippen LogP contribution in [-0.4, -0.2) is 72.4 Å². The van der Waals surface area contributed by atoms with Crippen molar-refractivity contribution in [1.29, 1.82) is 0 Å². The summed E-state index contributed by atoms with van der Waals surface area (Å²) in [5.74, 6) is 1.06. The second-order valence-corrected chi connectivity index (χ2v) is 9.65. The van der Waals surface area contributed by atoms with E-state index < -0.39 is 0 Å². The molecule has 34 heavy (non-hydrogen) atoms. The molecule has 0 spiro atoms. The fraction of sp³-hybridized carbons (Fsp3) is 0.500. The zero-order valence-corrected chi connectivity index (χ0v) is 20.8. The van der Waals surface area contributed by atoms with Crippen LogP contribution in [-0.2, 0) is 11.3 Å². The number of likely N-dealkylation sites (tertiary alicyclic amines) is 1. The number of nitrogens with zero attached hydrogens (tertiary/aromatic N) is 3. The minimum atomic E-state index is -0.0960. The van der Waals surface area contributed by atoms with Gasteiger partial charge in [-0.3, -0.25) is 14.5 Å². The zero-order valence-electron chi connectivity index (χ0n) is 20.8. The fourth-order valence-corrected chi connectivity index (χ4v) is 5.14. The lowest BCUT2D eigenvalue weighted by Crippen LogP contribution is -2.52. The van der Waals surface area contributed by atoms with Gasteiger partial charge >= 0.3 is 0 Å². The van der Waals surface area contributed by atoms with Gasteiger partial charge in [-0.25, -0.2) is 0 Å². The van der Waals surface area contributed by atoms with Crippen LogP contribution >= 0.6 is 0 Å². The highest BCUT2D eigenvalue weighted by Crippen LogP contribution is 2.23. The van der Waals surface area contributed by atoms with Crippen LogP contribution < -0.4 is 4.74 Å². The van der Waals surface area contributed by atoms with E-state index in [1.54, 1.807) is 0 Å². The molecule has 0 bridgehead atoms. The smallest absolute Gasteiger partial charge is 0.253 e. The van der Waals surface area contributed by atoms with E-state index in [2.05, 4.69) is 23.1 Å². The molecular weight excluding hydrogens is 426 g/mol. The number of aryl methyl sites for hydroxylation is 2. The van der Waals surface area contributed by atoms with Gasteiger partial charge in [-0.15, -0.1) is 0 Å². The minimum Gasteiger partial charge on any atom is -0.494 e. The molecule has 1 unspecified atom stereocenters. The Labute approximate surface area is 203 Å². The Bertz CT molecular complexity index is 976. The first-order chi connectivity index (χ1) is 16.4. The van der Waals surface area contributed by atoms with Crippen LogP contribution in [0.3, 0.4) is 0 Å². The Balaban J connectivity index is 1.29. The number of hydrogen-bond donors (Lipinski definition) is 0. The molecule has 4 rings (SSSR count). The maximum Gasteiger partial charge on any atom is 0.253 e. The van der Waals surface area contributed by atoms with E-state index in [-0.39, 0.29) is 17.7 Å². The van der Waals surface area contributed by atoms with Gasteiger partial charge in [0.25, 0.3) is 5.91 Å². The monoisotopic (exact) mass is 463 g/mol. The van der Waals surface area contributed by atoms with Crippen molar-refractivity contribution in [3.8, 4) is 5.75 Å². The van der Waals surface area contributed by atoms with Crippen molar-refractivity contribution < 1.29 is 14.3 Å². The summed E-state index contributed by atoms with van der Waals surface area (Å²) in [4.78, 5) is 32.7. The lowest BCUT2D eigenvalue weighted by Gasteiger charge is -2.39. The van der Waals surface area contributed by atoms with Crippen LogP contribution in [0.4, 0.5) is 0 Å². The quantitative estimate of drug-likeness (QED) is 0.652. The summed E-state index contributed by atoms with van der Waals surface area (Å²) >= 11 is 0. The molecular formula is C28H37N3O3. The SMILES string of the molecule is CCOc1ccc(CN2CCN(C(=O)C3CCCN(C(=O)c4cc(C)cc(C)c4)C3)CC2)cc1. The number of piperazine rings is 1. The van der Waals surface area contributed by atoms with E-state index in [1.165, 1.54) is 5.56 Å². The Kier molecular flexibility index (Phi) is 7.88. The maximum atomic E-state index is 13.3. The maximum absolute atomic E-state index is 13.3. The predicted octanol–water partition coefficient (Wildman–Crippen LogP) is 3.90. The highest BCUT2D eigenvalue weighted by Gasteiger charge is 2.33. The van der Waals surface area contributed by atoms with Crippen LogP contribution in [0.25, 0.3) is 0 Å². The second kappa shape index (κ2) is 11.0. The third kappa shape index (κ3) is 5.98. The molecule has 2 amide bonds. The van der Waals surface area contributed by atoms with Gasteiger partial charge in [0, 0.05) is 51.4 Å². The van der Waals surface area contributed by atoms with Crippen LogP contribution in [0.5, 0.6) is 5.75 Å². The van der Waals surface area contributed by atoms with Crippen molar-refractivity contribution in [1.82, 2.24) is 14.7 Å². The highest BCUT2D eigenvalue weighted by atomic mass is 16.5. The summed E-state index contributed by atoms with van der Waals surface area (Å²) in [6.45, 7) is 12.1. The van der Waals surface area contributed by atoms with Gasteiger partial charge in [-0.2, -0.15) is 0 Å². The van der Waals surface area contributed by atoms with Crippen molar-refractivity contribution in [3.63, 3.8) is 0 Å². The number of benzene rings is 2. The molecule has 182 valence electrons. The molecule has 2 aromatic rings. The normalized spacial score (nSPS) is 19.2. The molecule has 6 heteroatoms. The summed E-state index contributed by atoms with van der Waals surface area (Å²) in [6, 6.07) is 14.3. The molecule has 2 aliphatic rings. The molecule has 0 radical (unpaired) electrons. The number of hydrogen-bond acceptors (Lipinski definition) is 4. The van der Waals surface area contributed by atoms with Gasteiger partial charge in [0.15, 0.2) is 0 Å². The summed E-state index contributed by atoms with van der Waals surface area (Å²) < 4.78 is 5.52. The summed E-state index contributed by atoms with van der Waals surface area (Å²) in [7, 11) is 0. The fourth-order valence-electron chi connectivity index (χ4n) is 5.14. The molecule has 0 N–H and O–H groups in total. The first kappa shape index (κ1) is 24.3. The standard InChI is InChI=1S/C28H37N3O3/c1-4-34-26-9-7-23(8-10-26)19-29-12-14-30(15-13-29)27(32)24-6-5-11-31(20-24)28(33)25-17-21(2)16-22(3)18-25/h7-10,16-18,24H,4-6,11-15,19-20H2,1-3H3. The molecule has 0 aliphatic carbocycles. The number of amides is 2. The minimum absolute atomic E-state index is 0.0458. The van der Waals surface area contributed by atoms with Crippen LogP contribution in [0.15, 0.2) is 42.5 Å². The van der Waals surface area contributed by atoms with Gasteiger partial charge in [0.1, 0.15) is 5.75 Å². The summed E-state index contributed by atoms with van der Waals surface area (Å²) in [6.07, 6.45) is 1.74. The molecule has 0 aromatic heterocycles. The van der Waals surface area contributed by atoms with E-state index >= 15 is 0 Å². The molecule has 6 nitrogen and oxygen atoms in total. The van der Waals surface area contributed by atoms with Gasteiger partial charge in [-0.1, -0.05) is 29.3 Å². The number of ether oxygens (including phenoxy) is 1. The lowest BCUT2D eigenvalue weighted by atomic mass is 9.95. The third-order valence-corrected chi connectivity index (χ3v) is 6.85. The van der Waals surface area contributed by atoms with Crippen LogP contribution in [0, 0.1) is 19.8 Å². The molecule has 2 aliphatic heterocycles. The average Bonchev–Trinajstić information content (AvgIpc) is 2.84. The number of rotatable bonds is 6. The van der Waals surface area contributed by atoms with Gasteiger partial charge < -0.3 is 14.5 Å². The van der Waals surface area contributed by atoms with Crippen LogP contribution in [0.1, 0.15) is 46.8 Å². The van der Waals surface area contributed by atoms with Crippen molar-refractivity contribution in [3.05, 3.63) is 64.7 Å². The lowest BCUT2D eigenvalue weighted by molar-refractivity contribution is -0.138. The van der Waals surface area contributed by atoms with Gasteiger partial charge in [0.05, 0.1) is 12.5 Å².